The van der Waals surface area contributed by atoms with Gasteiger partial charge >= 0.3 is 0 Å². The highest BCUT2D eigenvalue weighted by atomic mass is 79.9. The molecule has 5 aromatic rings. The van der Waals surface area contributed by atoms with E-state index in [1.54, 1.807) is 0 Å². The summed E-state index contributed by atoms with van der Waals surface area (Å²) in [4.78, 5) is 0. The first kappa shape index (κ1) is 14.2. The number of hydrogen-bond donors (Lipinski definition) is 0. The molecule has 0 saturated heterocycles. The zero-order chi connectivity index (χ0) is 16.1. The van der Waals surface area contributed by atoms with Crippen molar-refractivity contribution in [1.29, 1.82) is 0 Å². The fourth-order valence-corrected chi connectivity index (χ4v) is 5.03. The monoisotopic (exact) mass is 388 g/mol. The second-order valence-corrected chi connectivity index (χ2v) is 7.93. The molecule has 0 nitrogen and oxygen atoms in total. The van der Waals surface area contributed by atoms with E-state index in [2.05, 4.69) is 94.8 Å². The van der Waals surface area contributed by atoms with Gasteiger partial charge < -0.3 is 0 Å². The highest BCUT2D eigenvalue weighted by Gasteiger charge is 2.08. The number of halogens is 1. The number of thiophene rings is 1. The first-order valence-electron chi connectivity index (χ1n) is 7.89. The van der Waals surface area contributed by atoms with Crippen LogP contribution in [0.2, 0.25) is 0 Å². The Labute approximate surface area is 152 Å². The van der Waals surface area contributed by atoms with Crippen LogP contribution < -0.4 is 0 Å². The molecule has 0 spiro atoms. The number of rotatable bonds is 1. The summed E-state index contributed by atoms with van der Waals surface area (Å²) in [5.41, 5.74) is 2.51. The molecule has 0 aliphatic carbocycles. The van der Waals surface area contributed by atoms with Crippen LogP contribution in [0.4, 0.5) is 0 Å². The molecule has 4 aromatic carbocycles. The lowest BCUT2D eigenvalue weighted by Gasteiger charge is -2.07. The van der Waals surface area contributed by atoms with Crippen LogP contribution in [0.5, 0.6) is 0 Å². The summed E-state index contributed by atoms with van der Waals surface area (Å²) in [6.07, 6.45) is 0. The van der Waals surface area contributed by atoms with E-state index in [1.165, 1.54) is 42.1 Å². The van der Waals surface area contributed by atoms with Crippen LogP contribution in [0, 0.1) is 0 Å². The first-order valence-corrected chi connectivity index (χ1v) is 9.50. The van der Waals surface area contributed by atoms with E-state index in [0.29, 0.717) is 0 Å². The van der Waals surface area contributed by atoms with Crippen molar-refractivity contribution < 1.29 is 0 Å². The van der Waals surface area contributed by atoms with Crippen molar-refractivity contribution in [3.63, 3.8) is 0 Å². The first-order chi connectivity index (χ1) is 11.8. The Balaban J connectivity index is 1.78. The smallest absolute Gasteiger partial charge is 0.0355 e. The molecule has 0 bridgehead atoms. The van der Waals surface area contributed by atoms with E-state index >= 15 is 0 Å². The Bertz CT molecular complexity index is 1220. The molecule has 0 fully saturated rings. The van der Waals surface area contributed by atoms with Gasteiger partial charge in [0.15, 0.2) is 0 Å². The number of hydrogen-bond acceptors (Lipinski definition) is 1. The summed E-state index contributed by atoms with van der Waals surface area (Å²) < 4.78 is 3.84. The summed E-state index contributed by atoms with van der Waals surface area (Å²) >= 11 is 5.59. The molecule has 0 amide bonds. The molecule has 0 unspecified atom stereocenters. The quantitative estimate of drug-likeness (QED) is 0.276. The van der Waals surface area contributed by atoms with E-state index in [1.807, 2.05) is 11.3 Å². The molecule has 1 aromatic heterocycles. The Morgan fingerprint density at radius 3 is 2.25 bits per heavy atom. The van der Waals surface area contributed by atoms with Gasteiger partial charge in [0, 0.05) is 24.6 Å². The van der Waals surface area contributed by atoms with Gasteiger partial charge in [0.25, 0.3) is 0 Å². The van der Waals surface area contributed by atoms with Crippen LogP contribution in [-0.2, 0) is 0 Å². The van der Waals surface area contributed by atoms with Gasteiger partial charge in [0.1, 0.15) is 0 Å². The van der Waals surface area contributed by atoms with Gasteiger partial charge in [-0.1, -0.05) is 64.5 Å². The van der Waals surface area contributed by atoms with E-state index in [0.717, 1.165) is 4.47 Å². The van der Waals surface area contributed by atoms with Crippen molar-refractivity contribution in [3.05, 3.63) is 83.3 Å². The molecule has 0 atom stereocenters. The minimum Gasteiger partial charge on any atom is -0.135 e. The number of benzene rings is 4. The average Bonchev–Trinajstić information content (AvgIpc) is 2.99. The molecule has 1 heterocycles. The Morgan fingerprint density at radius 1 is 0.583 bits per heavy atom. The van der Waals surface area contributed by atoms with Gasteiger partial charge in [-0.3, -0.25) is 0 Å². The predicted molar refractivity (Wildman–Crippen MR) is 110 cm³/mol. The number of fused-ring (bicyclic) bond motifs is 4. The van der Waals surface area contributed by atoms with Crippen molar-refractivity contribution in [2.24, 2.45) is 0 Å². The molecule has 0 N–H and O–H groups in total. The minimum atomic E-state index is 1.14. The van der Waals surface area contributed by atoms with Crippen molar-refractivity contribution in [1.82, 2.24) is 0 Å². The summed E-state index contributed by atoms with van der Waals surface area (Å²) in [6.45, 7) is 0. The minimum absolute atomic E-state index is 1.14. The lowest BCUT2D eigenvalue weighted by molar-refractivity contribution is 1.66. The molecular weight excluding hydrogens is 376 g/mol. The van der Waals surface area contributed by atoms with Crippen molar-refractivity contribution in [3.8, 4) is 11.1 Å². The third-order valence-corrected chi connectivity index (χ3v) is 6.33. The molecule has 114 valence electrons. The van der Waals surface area contributed by atoms with E-state index in [9.17, 15) is 0 Å². The fourth-order valence-electron chi connectivity index (χ4n) is 3.34. The van der Waals surface area contributed by atoms with Gasteiger partial charge in [0.2, 0.25) is 0 Å². The van der Waals surface area contributed by atoms with Crippen LogP contribution in [0.3, 0.4) is 0 Å². The topological polar surface area (TPSA) is 0 Å². The third kappa shape index (κ3) is 2.18. The highest BCUT2D eigenvalue weighted by Crippen LogP contribution is 2.37. The van der Waals surface area contributed by atoms with Gasteiger partial charge in [-0.2, -0.15) is 0 Å². The SMILES string of the molecule is Brc1cc(-c2ccc3sc4ccccc4c3c2)cc2ccccc12. The van der Waals surface area contributed by atoms with Crippen molar-refractivity contribution >= 4 is 58.2 Å². The Kier molecular flexibility index (Phi) is 3.22. The van der Waals surface area contributed by atoms with E-state index < -0.39 is 0 Å². The van der Waals surface area contributed by atoms with E-state index in [-0.39, 0.29) is 0 Å². The molecule has 5 rings (SSSR count). The summed E-state index contributed by atoms with van der Waals surface area (Å²) in [5, 5.41) is 5.21. The molecule has 24 heavy (non-hydrogen) atoms. The average molecular weight is 389 g/mol. The maximum absolute atomic E-state index is 3.73. The largest absolute Gasteiger partial charge is 0.135 e. The predicted octanol–water partition coefficient (Wildman–Crippen LogP) is 7.64. The van der Waals surface area contributed by atoms with Gasteiger partial charge in [-0.25, -0.2) is 0 Å². The summed E-state index contributed by atoms with van der Waals surface area (Å²) in [5.74, 6) is 0. The molecule has 2 heteroatoms. The Morgan fingerprint density at radius 2 is 1.33 bits per heavy atom. The van der Waals surface area contributed by atoms with Crippen molar-refractivity contribution in [2.75, 3.05) is 0 Å². The zero-order valence-corrected chi connectivity index (χ0v) is 15.2. The molecule has 0 aliphatic rings. The second-order valence-electron chi connectivity index (χ2n) is 5.99. The van der Waals surface area contributed by atoms with Crippen LogP contribution >= 0.6 is 27.3 Å². The highest BCUT2D eigenvalue weighted by molar-refractivity contribution is 9.10. The molecule has 0 radical (unpaired) electrons. The summed E-state index contributed by atoms with van der Waals surface area (Å²) in [6, 6.07) is 28.4. The molecule has 0 saturated carbocycles. The molecular formula is C22H13BrS. The normalized spacial score (nSPS) is 11.5. The van der Waals surface area contributed by atoms with Crippen LogP contribution in [0.25, 0.3) is 42.1 Å². The molecule has 0 aliphatic heterocycles. The van der Waals surface area contributed by atoms with E-state index in [4.69, 9.17) is 0 Å². The standard InChI is InChI=1S/C22H13BrS/c23-20-13-16(11-15-5-1-2-6-17(15)20)14-9-10-22-19(12-14)18-7-3-4-8-21(18)24-22/h1-13H. The maximum atomic E-state index is 3.73. The fraction of sp³-hybridized carbons (Fsp3) is 0. The second kappa shape index (κ2) is 5.44. The Hall–Kier alpha value is -2.16. The zero-order valence-electron chi connectivity index (χ0n) is 12.8. The van der Waals surface area contributed by atoms with Crippen LogP contribution in [-0.4, -0.2) is 0 Å². The lowest BCUT2D eigenvalue weighted by atomic mass is 10.00. The van der Waals surface area contributed by atoms with Gasteiger partial charge in [-0.15, -0.1) is 11.3 Å². The van der Waals surface area contributed by atoms with Gasteiger partial charge in [0.05, 0.1) is 0 Å². The maximum Gasteiger partial charge on any atom is 0.0355 e. The third-order valence-electron chi connectivity index (χ3n) is 4.52. The van der Waals surface area contributed by atoms with Crippen LogP contribution in [0.15, 0.2) is 83.3 Å². The summed E-state index contributed by atoms with van der Waals surface area (Å²) in [7, 11) is 0. The van der Waals surface area contributed by atoms with Crippen molar-refractivity contribution in [2.45, 2.75) is 0 Å². The lowest BCUT2D eigenvalue weighted by Crippen LogP contribution is -1.81. The van der Waals surface area contributed by atoms with Crippen LogP contribution in [0.1, 0.15) is 0 Å². The van der Waals surface area contributed by atoms with Gasteiger partial charge in [-0.05, 0) is 52.2 Å².